The van der Waals surface area contributed by atoms with Crippen molar-refractivity contribution in [3.05, 3.63) is 95.6 Å². The second-order valence-corrected chi connectivity index (χ2v) is 5.52. The number of rotatable bonds is 3. The summed E-state index contributed by atoms with van der Waals surface area (Å²) < 4.78 is 12.4. The van der Waals surface area contributed by atoms with E-state index in [1.165, 1.54) is 12.1 Å². The van der Waals surface area contributed by atoms with E-state index < -0.39 is 11.8 Å². The number of benzene rings is 3. The number of hydrogen-bond acceptors (Lipinski definition) is 3. The van der Waals surface area contributed by atoms with Crippen LogP contribution in [0.1, 0.15) is 22.9 Å². The van der Waals surface area contributed by atoms with Crippen molar-refractivity contribution in [1.82, 2.24) is 0 Å². The summed E-state index contributed by atoms with van der Waals surface area (Å²) in [6, 6.07) is 23.9. The molecule has 4 nitrogen and oxygen atoms in total. The molecule has 3 aromatic carbocycles. The SMILES string of the molecule is O=C(O)c1ccc2c(c1)OC(c1ccccc1)(c1ccccc1)O2.[H-].[Li+]. The summed E-state index contributed by atoms with van der Waals surface area (Å²) in [5.74, 6) is -1.18. The number of fused-ring (bicyclic) bond motifs is 1. The molecule has 4 rings (SSSR count). The molecule has 0 unspecified atom stereocenters. The van der Waals surface area contributed by atoms with Crippen LogP contribution >= 0.6 is 0 Å². The molecule has 5 heteroatoms. The van der Waals surface area contributed by atoms with Gasteiger partial charge in [0.05, 0.1) is 5.56 Å². The molecule has 1 aliphatic heterocycles. The van der Waals surface area contributed by atoms with E-state index in [-0.39, 0.29) is 25.9 Å². The van der Waals surface area contributed by atoms with Gasteiger partial charge >= 0.3 is 30.6 Å². The zero-order valence-corrected chi connectivity index (χ0v) is 13.7. The van der Waals surface area contributed by atoms with Crippen molar-refractivity contribution in [2.75, 3.05) is 0 Å². The Morgan fingerprint density at radius 1 is 0.800 bits per heavy atom. The topological polar surface area (TPSA) is 55.8 Å². The van der Waals surface area contributed by atoms with Crippen molar-refractivity contribution in [3.63, 3.8) is 0 Å². The zero-order chi connectivity index (χ0) is 16.6. The second-order valence-electron chi connectivity index (χ2n) is 5.52. The molecule has 0 amide bonds. The monoisotopic (exact) mass is 326 g/mol. The molecule has 1 N–H and O–H groups in total. The van der Waals surface area contributed by atoms with Crippen LogP contribution in [0.25, 0.3) is 0 Å². The van der Waals surface area contributed by atoms with Gasteiger partial charge < -0.3 is 16.0 Å². The van der Waals surface area contributed by atoms with E-state index in [4.69, 9.17) is 9.47 Å². The quantitative estimate of drug-likeness (QED) is 0.734. The second kappa shape index (κ2) is 6.68. The third kappa shape index (κ3) is 2.91. The summed E-state index contributed by atoms with van der Waals surface area (Å²) in [6.45, 7) is 0. The standard InChI is InChI=1S/C20H14O4.Li.H/c21-19(22)14-11-12-17-18(13-14)24-20(23-17,15-7-3-1-4-8-15)16-9-5-2-6-10-16;;/h1-13H,(H,21,22);;/q;+1;-1. The van der Waals surface area contributed by atoms with Crippen LogP contribution in [0.2, 0.25) is 0 Å². The van der Waals surface area contributed by atoms with Gasteiger partial charge in [0, 0.05) is 11.1 Å². The van der Waals surface area contributed by atoms with Gasteiger partial charge in [-0.25, -0.2) is 4.79 Å². The van der Waals surface area contributed by atoms with Crippen molar-refractivity contribution < 1.29 is 39.7 Å². The minimum absolute atomic E-state index is 0. The normalized spacial score (nSPS) is 13.8. The maximum atomic E-state index is 11.2. The van der Waals surface area contributed by atoms with E-state index in [0.717, 1.165) is 11.1 Å². The summed E-state index contributed by atoms with van der Waals surface area (Å²) in [7, 11) is 0. The van der Waals surface area contributed by atoms with Gasteiger partial charge in [-0.1, -0.05) is 60.7 Å². The summed E-state index contributed by atoms with van der Waals surface area (Å²) in [4.78, 5) is 11.2. The Morgan fingerprint density at radius 3 is 1.84 bits per heavy atom. The average molecular weight is 326 g/mol. The molecule has 0 saturated carbocycles. The third-order valence-corrected chi connectivity index (χ3v) is 4.01. The predicted octanol–water partition coefficient (Wildman–Crippen LogP) is 1.17. The Kier molecular flexibility index (Phi) is 4.58. The first kappa shape index (κ1) is 17.2. The van der Waals surface area contributed by atoms with E-state index in [1.807, 2.05) is 60.7 Å². The minimum atomic E-state index is -1.12. The van der Waals surface area contributed by atoms with Crippen LogP contribution in [-0.2, 0) is 5.79 Å². The summed E-state index contributed by atoms with van der Waals surface area (Å²) in [6.07, 6.45) is 0. The Morgan fingerprint density at radius 2 is 1.32 bits per heavy atom. The molecule has 1 heterocycles. The molecule has 120 valence electrons. The molecule has 3 aromatic rings. The molecular formula is C20H15LiO4. The number of carboxylic acids is 1. The maximum absolute atomic E-state index is 11.2. The molecule has 1 aliphatic rings. The van der Waals surface area contributed by atoms with Crippen LogP contribution < -0.4 is 28.3 Å². The molecule has 0 atom stereocenters. The molecule has 0 saturated heterocycles. The first-order valence-electron chi connectivity index (χ1n) is 7.55. The van der Waals surface area contributed by atoms with Crippen molar-refractivity contribution in [3.8, 4) is 11.5 Å². The zero-order valence-electron chi connectivity index (χ0n) is 14.7. The van der Waals surface area contributed by atoms with Crippen LogP contribution in [0.3, 0.4) is 0 Å². The van der Waals surface area contributed by atoms with E-state index in [9.17, 15) is 9.90 Å². The van der Waals surface area contributed by atoms with Crippen LogP contribution in [0.15, 0.2) is 78.9 Å². The number of carboxylic acid groups (broad SMARTS) is 1. The van der Waals surface area contributed by atoms with Crippen molar-refractivity contribution in [1.29, 1.82) is 0 Å². The van der Waals surface area contributed by atoms with Gasteiger partial charge in [0.25, 0.3) is 0 Å². The fourth-order valence-electron chi connectivity index (χ4n) is 2.85. The van der Waals surface area contributed by atoms with Gasteiger partial charge in [-0.15, -0.1) is 0 Å². The summed E-state index contributed by atoms with van der Waals surface area (Å²) >= 11 is 0. The van der Waals surface area contributed by atoms with Gasteiger partial charge in [-0.3, -0.25) is 0 Å². The minimum Gasteiger partial charge on any atom is -1.00 e. The van der Waals surface area contributed by atoms with E-state index in [2.05, 4.69) is 0 Å². The van der Waals surface area contributed by atoms with Crippen molar-refractivity contribution in [2.45, 2.75) is 5.79 Å². The first-order chi connectivity index (χ1) is 11.7. The van der Waals surface area contributed by atoms with Crippen molar-refractivity contribution in [2.24, 2.45) is 0 Å². The van der Waals surface area contributed by atoms with Gasteiger partial charge in [-0.2, -0.15) is 0 Å². The first-order valence-corrected chi connectivity index (χ1v) is 7.55. The predicted molar refractivity (Wildman–Crippen MR) is 89.4 cm³/mol. The van der Waals surface area contributed by atoms with Crippen LogP contribution in [-0.4, -0.2) is 11.1 Å². The molecule has 0 aliphatic carbocycles. The summed E-state index contributed by atoms with van der Waals surface area (Å²) in [5, 5.41) is 9.18. The smallest absolute Gasteiger partial charge is 1.00 e. The average Bonchev–Trinajstić information content (AvgIpc) is 3.03. The molecular weight excluding hydrogens is 311 g/mol. The molecule has 0 bridgehead atoms. The van der Waals surface area contributed by atoms with Gasteiger partial charge in [-0.05, 0) is 18.2 Å². The Labute approximate surface area is 158 Å². The fraction of sp³-hybridized carbons (Fsp3) is 0.0500. The molecule has 25 heavy (non-hydrogen) atoms. The number of ether oxygens (including phenoxy) is 2. The fourth-order valence-corrected chi connectivity index (χ4v) is 2.85. The van der Waals surface area contributed by atoms with E-state index in [1.54, 1.807) is 6.07 Å². The third-order valence-electron chi connectivity index (χ3n) is 4.01. The van der Waals surface area contributed by atoms with Gasteiger partial charge in [0.15, 0.2) is 11.5 Å². The number of aromatic carboxylic acids is 1. The molecule has 0 radical (unpaired) electrons. The van der Waals surface area contributed by atoms with Gasteiger partial charge in [0.1, 0.15) is 0 Å². The molecule has 0 spiro atoms. The van der Waals surface area contributed by atoms with Crippen molar-refractivity contribution >= 4 is 5.97 Å². The van der Waals surface area contributed by atoms with Crippen LogP contribution in [0.4, 0.5) is 0 Å². The number of carbonyl (C=O) groups is 1. The number of hydrogen-bond donors (Lipinski definition) is 1. The van der Waals surface area contributed by atoms with Crippen LogP contribution in [0.5, 0.6) is 11.5 Å². The Bertz CT molecular complexity index is 861. The van der Waals surface area contributed by atoms with E-state index >= 15 is 0 Å². The van der Waals surface area contributed by atoms with E-state index in [0.29, 0.717) is 11.5 Å². The molecule has 0 aromatic heterocycles. The Balaban J connectivity index is 0.00000121. The maximum Gasteiger partial charge on any atom is 1.00 e. The van der Waals surface area contributed by atoms with Gasteiger partial charge in [0.2, 0.25) is 0 Å². The Hall–Kier alpha value is -2.67. The largest absolute Gasteiger partial charge is 1.00 e. The summed E-state index contributed by atoms with van der Waals surface area (Å²) in [5.41, 5.74) is 1.84. The molecule has 0 fully saturated rings. The van der Waals surface area contributed by atoms with Crippen LogP contribution in [0, 0.1) is 0 Å².